The molecule has 0 radical (unpaired) electrons. The first-order valence-corrected chi connectivity index (χ1v) is 5.14. The molecule has 0 amide bonds. The average Bonchev–Trinajstić information content (AvgIpc) is 2.28. The van der Waals surface area contributed by atoms with Gasteiger partial charge >= 0.3 is 11.9 Å². The highest BCUT2D eigenvalue weighted by molar-refractivity contribution is 5.83. The summed E-state index contributed by atoms with van der Waals surface area (Å²) in [5.41, 5.74) is 5.59. The third-order valence-electron chi connectivity index (χ3n) is 2.19. The Morgan fingerprint density at radius 1 is 1.06 bits per heavy atom. The third kappa shape index (κ3) is 6.84. The molecule has 0 aromatic carbocycles. The van der Waals surface area contributed by atoms with E-state index in [1.807, 2.05) is 0 Å². The van der Waals surface area contributed by atoms with Crippen LogP contribution < -0.4 is 11.1 Å². The fraction of sp³-hybridized carbons (Fsp3) is 0.778. The maximum absolute atomic E-state index is 9.77. The van der Waals surface area contributed by atoms with Gasteiger partial charge in [0, 0.05) is 6.04 Å². The van der Waals surface area contributed by atoms with Crippen LogP contribution in [0.3, 0.4) is 0 Å². The lowest BCUT2D eigenvalue weighted by molar-refractivity contribution is -0.165. The van der Waals surface area contributed by atoms with E-state index in [2.05, 4.69) is 5.32 Å². The maximum atomic E-state index is 9.77. The van der Waals surface area contributed by atoms with Crippen LogP contribution in [0.4, 0.5) is 0 Å². The van der Waals surface area contributed by atoms with Crippen molar-refractivity contribution in [3.8, 4) is 0 Å². The number of aliphatic carboxylic acids is 2. The molecule has 1 rings (SSSR count). The minimum absolute atomic E-state index is 0.473. The highest BCUT2D eigenvalue weighted by Gasteiger charge is 2.29. The summed E-state index contributed by atoms with van der Waals surface area (Å²) in [5.74, 6) is -3.54. The molecule has 0 aromatic rings. The van der Waals surface area contributed by atoms with Crippen molar-refractivity contribution in [2.24, 2.45) is 5.73 Å². The Bertz CT molecular complexity index is 236. The zero-order valence-electron chi connectivity index (χ0n) is 9.24. The zero-order valence-corrected chi connectivity index (χ0v) is 9.24. The number of aliphatic hydroxyl groups excluding tert-OH is 2. The standard InChI is InChI=1S/C5H12N2.C4H6O6/c6-5-1-3-7-4-2-5;5-1(3(7)8)2(6)4(9)10/h5,7H,1-4,6H2;1-2,5-6H,(H,7,8)(H,9,10)/t;1-,2-/m.1/s1. The van der Waals surface area contributed by atoms with Gasteiger partial charge < -0.3 is 31.5 Å². The molecule has 1 saturated heterocycles. The highest BCUT2D eigenvalue weighted by atomic mass is 16.4. The number of hydrogen-bond acceptors (Lipinski definition) is 6. The van der Waals surface area contributed by atoms with E-state index in [9.17, 15) is 9.59 Å². The second-order valence-electron chi connectivity index (χ2n) is 3.65. The third-order valence-corrected chi connectivity index (χ3v) is 2.19. The van der Waals surface area contributed by atoms with E-state index >= 15 is 0 Å². The molecule has 1 fully saturated rings. The molecule has 0 saturated carbocycles. The monoisotopic (exact) mass is 250 g/mol. The second-order valence-corrected chi connectivity index (χ2v) is 3.65. The molecule has 2 atom stereocenters. The number of carbonyl (C=O) groups is 2. The number of nitrogens with two attached hydrogens (primary N) is 1. The van der Waals surface area contributed by atoms with E-state index in [4.69, 9.17) is 26.2 Å². The van der Waals surface area contributed by atoms with Crippen molar-refractivity contribution in [1.29, 1.82) is 0 Å². The van der Waals surface area contributed by atoms with Crippen LogP contribution in [0.15, 0.2) is 0 Å². The Morgan fingerprint density at radius 2 is 1.41 bits per heavy atom. The highest BCUT2D eigenvalue weighted by Crippen LogP contribution is 1.96. The quantitative estimate of drug-likeness (QED) is 0.323. The summed E-state index contributed by atoms with van der Waals surface area (Å²) in [4.78, 5) is 19.5. The van der Waals surface area contributed by atoms with Gasteiger partial charge in [-0.25, -0.2) is 9.59 Å². The first-order chi connectivity index (χ1) is 7.86. The lowest BCUT2D eigenvalue weighted by Crippen LogP contribution is -2.39. The van der Waals surface area contributed by atoms with Crippen molar-refractivity contribution in [1.82, 2.24) is 5.32 Å². The largest absolute Gasteiger partial charge is 0.479 e. The SMILES string of the molecule is NC1CCNCC1.O=C(O)[C@H](O)[C@@H](O)C(=O)O. The van der Waals surface area contributed by atoms with Gasteiger partial charge in [-0.1, -0.05) is 0 Å². The van der Waals surface area contributed by atoms with Gasteiger partial charge in [-0.05, 0) is 25.9 Å². The molecule has 0 aromatic heterocycles. The molecular weight excluding hydrogens is 232 g/mol. The summed E-state index contributed by atoms with van der Waals surface area (Å²) < 4.78 is 0. The van der Waals surface area contributed by atoms with Crippen LogP contribution in [-0.2, 0) is 9.59 Å². The van der Waals surface area contributed by atoms with Crippen LogP contribution >= 0.6 is 0 Å². The summed E-state index contributed by atoms with van der Waals surface area (Å²) in [6.45, 7) is 2.22. The normalized spacial score (nSPS) is 19.7. The number of aliphatic hydroxyl groups is 2. The summed E-state index contributed by atoms with van der Waals surface area (Å²) in [7, 11) is 0. The van der Waals surface area contributed by atoms with Gasteiger partial charge in [0.2, 0.25) is 0 Å². The van der Waals surface area contributed by atoms with Gasteiger partial charge in [0.1, 0.15) is 0 Å². The topological polar surface area (TPSA) is 153 Å². The second kappa shape index (κ2) is 7.96. The zero-order chi connectivity index (χ0) is 13.4. The summed E-state index contributed by atoms with van der Waals surface area (Å²) in [5, 5.41) is 35.8. The fourth-order valence-corrected chi connectivity index (χ4v) is 1.11. The van der Waals surface area contributed by atoms with E-state index in [0.717, 1.165) is 25.9 Å². The Kier molecular flexibility index (Phi) is 7.39. The summed E-state index contributed by atoms with van der Waals surface area (Å²) >= 11 is 0. The average molecular weight is 250 g/mol. The molecule has 7 N–H and O–H groups in total. The summed E-state index contributed by atoms with van der Waals surface area (Å²) in [6, 6.07) is 0.473. The molecule has 100 valence electrons. The van der Waals surface area contributed by atoms with Crippen LogP contribution in [0.1, 0.15) is 12.8 Å². The van der Waals surface area contributed by atoms with Gasteiger partial charge in [-0.3, -0.25) is 0 Å². The van der Waals surface area contributed by atoms with Crippen LogP contribution in [0.5, 0.6) is 0 Å². The molecule has 8 nitrogen and oxygen atoms in total. The minimum atomic E-state index is -2.27. The van der Waals surface area contributed by atoms with Crippen LogP contribution in [-0.4, -0.2) is 63.7 Å². The Hall–Kier alpha value is -1.22. The molecule has 1 aliphatic rings. The number of nitrogens with one attached hydrogen (secondary N) is 1. The molecule has 0 aliphatic carbocycles. The van der Waals surface area contributed by atoms with E-state index in [0.29, 0.717) is 6.04 Å². The van der Waals surface area contributed by atoms with Crippen molar-refractivity contribution in [2.45, 2.75) is 31.1 Å². The number of hydrogen-bond donors (Lipinski definition) is 6. The van der Waals surface area contributed by atoms with Crippen LogP contribution in [0.25, 0.3) is 0 Å². The predicted octanol–water partition coefficient (Wildman–Crippen LogP) is -2.43. The molecule has 0 bridgehead atoms. The number of piperidine rings is 1. The molecule has 1 heterocycles. The summed E-state index contributed by atoms with van der Waals surface area (Å²) in [6.07, 6.45) is -2.23. The van der Waals surface area contributed by atoms with Gasteiger partial charge in [0.15, 0.2) is 12.2 Å². The van der Waals surface area contributed by atoms with E-state index < -0.39 is 24.1 Å². The Labute approximate surface area is 98.0 Å². The van der Waals surface area contributed by atoms with Crippen molar-refractivity contribution in [2.75, 3.05) is 13.1 Å². The Morgan fingerprint density at radius 3 is 1.59 bits per heavy atom. The van der Waals surface area contributed by atoms with Crippen LogP contribution in [0.2, 0.25) is 0 Å². The smallest absolute Gasteiger partial charge is 0.335 e. The Balaban J connectivity index is 0.000000318. The number of rotatable bonds is 3. The molecule has 0 unspecified atom stereocenters. The molecular formula is C9H18N2O6. The minimum Gasteiger partial charge on any atom is -0.479 e. The van der Waals surface area contributed by atoms with Gasteiger partial charge in [-0.2, -0.15) is 0 Å². The first kappa shape index (κ1) is 15.8. The van der Waals surface area contributed by atoms with Crippen LogP contribution in [0, 0.1) is 0 Å². The van der Waals surface area contributed by atoms with Crippen molar-refractivity contribution in [3.05, 3.63) is 0 Å². The molecule has 0 spiro atoms. The molecule has 1 aliphatic heterocycles. The first-order valence-electron chi connectivity index (χ1n) is 5.14. The number of carboxylic acids is 2. The van der Waals surface area contributed by atoms with Crippen molar-refractivity contribution in [3.63, 3.8) is 0 Å². The maximum Gasteiger partial charge on any atom is 0.335 e. The molecule has 8 heteroatoms. The lowest BCUT2D eigenvalue weighted by Gasteiger charge is -2.17. The lowest BCUT2D eigenvalue weighted by atomic mass is 10.1. The van der Waals surface area contributed by atoms with Gasteiger partial charge in [0.25, 0.3) is 0 Å². The van der Waals surface area contributed by atoms with E-state index in [1.54, 1.807) is 0 Å². The van der Waals surface area contributed by atoms with E-state index in [1.165, 1.54) is 0 Å². The van der Waals surface area contributed by atoms with Gasteiger partial charge in [0.05, 0.1) is 0 Å². The fourth-order valence-electron chi connectivity index (χ4n) is 1.11. The van der Waals surface area contributed by atoms with E-state index in [-0.39, 0.29) is 0 Å². The van der Waals surface area contributed by atoms with Crippen molar-refractivity contribution < 1.29 is 30.0 Å². The van der Waals surface area contributed by atoms with Gasteiger partial charge in [-0.15, -0.1) is 0 Å². The molecule has 17 heavy (non-hydrogen) atoms. The van der Waals surface area contributed by atoms with Crippen molar-refractivity contribution >= 4 is 11.9 Å². The number of carboxylic acid groups (broad SMARTS) is 2. The predicted molar refractivity (Wildman–Crippen MR) is 57.4 cm³/mol.